The van der Waals surface area contributed by atoms with Crippen molar-refractivity contribution in [2.24, 2.45) is 0 Å². The lowest BCUT2D eigenvalue weighted by atomic mass is 9.90. The smallest absolute Gasteiger partial charge is 0.246 e. The molecule has 0 bridgehead atoms. The van der Waals surface area contributed by atoms with Crippen molar-refractivity contribution < 1.29 is 4.79 Å². The molecule has 0 unspecified atom stereocenters. The zero-order valence-corrected chi connectivity index (χ0v) is 10.5. The average Bonchev–Trinajstić information content (AvgIpc) is 2.72. The Morgan fingerprint density at radius 3 is 3.17 bits per heavy atom. The summed E-state index contributed by atoms with van der Waals surface area (Å²) in [6, 6.07) is 6.89. The van der Waals surface area contributed by atoms with E-state index in [1.54, 1.807) is 4.90 Å². The molecule has 3 aliphatic heterocycles. The van der Waals surface area contributed by atoms with Gasteiger partial charge in [0, 0.05) is 25.6 Å². The Morgan fingerprint density at radius 1 is 1.39 bits per heavy atom. The molecular formula is C14H17N3O. The lowest BCUT2D eigenvalue weighted by molar-refractivity contribution is -0.117. The summed E-state index contributed by atoms with van der Waals surface area (Å²) in [4.78, 5) is 16.2. The van der Waals surface area contributed by atoms with Crippen LogP contribution in [0.25, 0.3) is 0 Å². The van der Waals surface area contributed by atoms with E-state index in [-0.39, 0.29) is 5.91 Å². The summed E-state index contributed by atoms with van der Waals surface area (Å²) in [7, 11) is 1.88. The van der Waals surface area contributed by atoms with Gasteiger partial charge in [0.2, 0.25) is 5.91 Å². The van der Waals surface area contributed by atoms with Gasteiger partial charge in [-0.15, -0.1) is 0 Å². The standard InChI is InChI=1S/C14H17N3O/c1-16-12-4-2-3-9-10-7-15-6-5-11(10)17(14(9)12)8-13(16)18/h2-4,10-11,15H,5-8H2,1H3/t10-,11-/m1/s1. The number of amides is 1. The maximum Gasteiger partial charge on any atom is 0.246 e. The third kappa shape index (κ3) is 1.16. The van der Waals surface area contributed by atoms with E-state index in [4.69, 9.17) is 0 Å². The topological polar surface area (TPSA) is 35.6 Å². The van der Waals surface area contributed by atoms with Crippen LogP contribution in [0, 0.1) is 0 Å². The first-order chi connectivity index (χ1) is 8.77. The first-order valence-electron chi connectivity index (χ1n) is 6.64. The molecule has 1 N–H and O–H groups in total. The highest BCUT2D eigenvalue weighted by Crippen LogP contribution is 2.49. The second-order valence-electron chi connectivity index (χ2n) is 5.46. The number of benzene rings is 1. The van der Waals surface area contributed by atoms with Gasteiger partial charge in [-0.1, -0.05) is 12.1 Å². The van der Waals surface area contributed by atoms with E-state index >= 15 is 0 Å². The van der Waals surface area contributed by atoms with Crippen LogP contribution >= 0.6 is 0 Å². The fourth-order valence-corrected chi connectivity index (χ4v) is 3.71. The Bertz CT molecular complexity index is 528. The molecule has 1 aromatic rings. The molecule has 4 nitrogen and oxygen atoms in total. The number of anilines is 2. The van der Waals surface area contributed by atoms with Crippen molar-refractivity contribution in [3.05, 3.63) is 23.8 Å². The van der Waals surface area contributed by atoms with E-state index < -0.39 is 0 Å². The number of nitrogens with one attached hydrogen (secondary N) is 1. The Morgan fingerprint density at radius 2 is 2.28 bits per heavy atom. The molecule has 2 atom stereocenters. The quantitative estimate of drug-likeness (QED) is 0.736. The van der Waals surface area contributed by atoms with Gasteiger partial charge in [0.1, 0.15) is 0 Å². The van der Waals surface area contributed by atoms with Crippen molar-refractivity contribution in [3.8, 4) is 0 Å². The Labute approximate surface area is 107 Å². The van der Waals surface area contributed by atoms with Gasteiger partial charge < -0.3 is 15.1 Å². The zero-order chi connectivity index (χ0) is 12.3. The van der Waals surface area contributed by atoms with Crippen molar-refractivity contribution in [3.63, 3.8) is 0 Å². The molecule has 0 aliphatic carbocycles. The summed E-state index contributed by atoms with van der Waals surface area (Å²) >= 11 is 0. The number of carbonyl (C=O) groups is 1. The molecule has 0 spiro atoms. The summed E-state index contributed by atoms with van der Waals surface area (Å²) in [6.45, 7) is 2.64. The van der Waals surface area contributed by atoms with Gasteiger partial charge >= 0.3 is 0 Å². The lowest BCUT2D eigenvalue weighted by Crippen LogP contribution is -2.50. The van der Waals surface area contributed by atoms with Crippen molar-refractivity contribution in [2.75, 3.05) is 36.5 Å². The maximum absolute atomic E-state index is 12.1. The number of hydrogen-bond donors (Lipinski definition) is 1. The summed E-state index contributed by atoms with van der Waals surface area (Å²) in [5.41, 5.74) is 3.81. The van der Waals surface area contributed by atoms with Crippen molar-refractivity contribution >= 4 is 17.3 Å². The van der Waals surface area contributed by atoms with E-state index in [0.717, 1.165) is 25.2 Å². The Kier molecular flexibility index (Phi) is 2.01. The largest absolute Gasteiger partial charge is 0.357 e. The molecule has 1 fully saturated rings. The molecule has 0 aromatic heterocycles. The molecule has 4 heteroatoms. The van der Waals surface area contributed by atoms with E-state index in [9.17, 15) is 4.79 Å². The molecule has 3 aliphatic rings. The molecule has 1 saturated heterocycles. The Balaban J connectivity index is 1.91. The third-order valence-electron chi connectivity index (χ3n) is 4.62. The minimum Gasteiger partial charge on any atom is -0.357 e. The monoisotopic (exact) mass is 243 g/mol. The summed E-state index contributed by atoms with van der Waals surface area (Å²) < 4.78 is 0. The van der Waals surface area contributed by atoms with Crippen molar-refractivity contribution in [1.82, 2.24) is 5.32 Å². The van der Waals surface area contributed by atoms with Gasteiger partial charge in [0.05, 0.1) is 17.9 Å². The van der Waals surface area contributed by atoms with Crippen LogP contribution in [0.4, 0.5) is 11.4 Å². The molecule has 94 valence electrons. The van der Waals surface area contributed by atoms with Gasteiger partial charge in [0.15, 0.2) is 0 Å². The van der Waals surface area contributed by atoms with Crippen LogP contribution in [0.1, 0.15) is 17.9 Å². The molecule has 0 saturated carbocycles. The fraction of sp³-hybridized carbons (Fsp3) is 0.500. The first kappa shape index (κ1) is 10.4. The summed E-state index contributed by atoms with van der Waals surface area (Å²) in [6.07, 6.45) is 1.13. The highest BCUT2D eigenvalue weighted by atomic mass is 16.2. The number of para-hydroxylation sites is 1. The molecule has 4 rings (SSSR count). The average molecular weight is 243 g/mol. The second-order valence-corrected chi connectivity index (χ2v) is 5.46. The molecule has 1 amide bonds. The van der Waals surface area contributed by atoms with Crippen LogP contribution in [-0.2, 0) is 4.79 Å². The highest BCUT2D eigenvalue weighted by molar-refractivity contribution is 6.04. The predicted octanol–water partition coefficient (Wildman–Crippen LogP) is 0.928. The number of rotatable bonds is 0. The third-order valence-corrected chi connectivity index (χ3v) is 4.62. The maximum atomic E-state index is 12.1. The Hall–Kier alpha value is -1.55. The van der Waals surface area contributed by atoms with E-state index in [0.29, 0.717) is 18.5 Å². The molecule has 18 heavy (non-hydrogen) atoms. The van der Waals surface area contributed by atoms with Crippen LogP contribution < -0.4 is 15.1 Å². The van der Waals surface area contributed by atoms with Crippen LogP contribution in [0.5, 0.6) is 0 Å². The van der Waals surface area contributed by atoms with Crippen LogP contribution in [0.15, 0.2) is 18.2 Å². The summed E-state index contributed by atoms with van der Waals surface area (Å²) in [5.74, 6) is 0.756. The minimum atomic E-state index is 0.207. The van der Waals surface area contributed by atoms with Crippen LogP contribution in [0.2, 0.25) is 0 Å². The van der Waals surface area contributed by atoms with E-state index in [1.165, 1.54) is 11.3 Å². The second kappa shape index (κ2) is 3.48. The highest BCUT2D eigenvalue weighted by Gasteiger charge is 2.44. The van der Waals surface area contributed by atoms with Crippen LogP contribution in [0.3, 0.4) is 0 Å². The van der Waals surface area contributed by atoms with Gasteiger partial charge in [-0.3, -0.25) is 4.79 Å². The molecule has 3 heterocycles. The number of piperidine rings is 1. The van der Waals surface area contributed by atoms with E-state index in [1.807, 2.05) is 7.05 Å². The minimum absolute atomic E-state index is 0.207. The lowest BCUT2D eigenvalue weighted by Gasteiger charge is -2.38. The normalized spacial score (nSPS) is 29.3. The number of nitrogens with zero attached hydrogens (tertiary/aromatic N) is 2. The fourth-order valence-electron chi connectivity index (χ4n) is 3.71. The van der Waals surface area contributed by atoms with Crippen LogP contribution in [-0.4, -0.2) is 38.6 Å². The first-order valence-corrected chi connectivity index (χ1v) is 6.64. The summed E-state index contributed by atoms with van der Waals surface area (Å²) in [5, 5.41) is 3.48. The number of likely N-dealkylation sites (N-methyl/N-ethyl adjacent to an activating group) is 1. The van der Waals surface area contributed by atoms with Gasteiger partial charge in [0.25, 0.3) is 0 Å². The molecular weight excluding hydrogens is 226 g/mol. The predicted molar refractivity (Wildman–Crippen MR) is 71.2 cm³/mol. The van der Waals surface area contributed by atoms with Gasteiger partial charge in [-0.2, -0.15) is 0 Å². The van der Waals surface area contributed by atoms with E-state index in [2.05, 4.69) is 28.4 Å². The van der Waals surface area contributed by atoms with Gasteiger partial charge in [-0.25, -0.2) is 0 Å². The number of fused-ring (bicyclic) bond motifs is 3. The SMILES string of the molecule is CN1C(=O)CN2c3c(cccc31)[C@H]1CNCC[C@H]12. The van der Waals surface area contributed by atoms with Gasteiger partial charge in [-0.05, 0) is 24.6 Å². The number of hydrogen-bond acceptors (Lipinski definition) is 3. The zero-order valence-electron chi connectivity index (χ0n) is 10.5. The molecule has 1 aromatic carbocycles. The molecule has 0 radical (unpaired) electrons. The number of carbonyl (C=O) groups excluding carboxylic acids is 1. The van der Waals surface area contributed by atoms with Crippen molar-refractivity contribution in [2.45, 2.75) is 18.4 Å². The van der Waals surface area contributed by atoms with Crippen molar-refractivity contribution in [1.29, 1.82) is 0 Å².